The average Bonchev–Trinajstić information content (AvgIpc) is 3.72. The van der Waals surface area contributed by atoms with Crippen molar-refractivity contribution in [3.05, 3.63) is 140 Å². The fraction of sp³-hybridized carbons (Fsp3) is 0.143. The molecule has 1 atom stereocenters. The number of hydrogen-bond donors (Lipinski definition) is 1. The van der Waals surface area contributed by atoms with Crippen molar-refractivity contribution in [2.45, 2.75) is 19.6 Å². The molecule has 47 heavy (non-hydrogen) atoms. The third-order valence-electron chi connectivity index (χ3n) is 7.29. The average molecular weight is 779 g/mol. The molecule has 0 radical (unpaired) electrons. The van der Waals surface area contributed by atoms with Gasteiger partial charge >= 0.3 is 11.9 Å². The van der Waals surface area contributed by atoms with Gasteiger partial charge in [0.2, 0.25) is 0 Å². The molecule has 12 heteroatoms. The van der Waals surface area contributed by atoms with Crippen molar-refractivity contribution in [1.82, 2.24) is 4.57 Å². The van der Waals surface area contributed by atoms with E-state index in [2.05, 4.69) is 22.6 Å². The smallest absolute Gasteiger partial charge is 0.338 e. The summed E-state index contributed by atoms with van der Waals surface area (Å²) in [6.07, 6.45) is 1.77. The minimum atomic E-state index is -1.01. The van der Waals surface area contributed by atoms with Crippen LogP contribution in [-0.2, 0) is 16.1 Å². The lowest BCUT2D eigenvalue weighted by atomic mass is 9.97. The van der Waals surface area contributed by atoms with Gasteiger partial charge in [-0.25, -0.2) is 14.6 Å². The van der Waals surface area contributed by atoms with Crippen LogP contribution >= 0.6 is 45.3 Å². The Bertz CT molecular complexity index is 2190. The first-order valence-electron chi connectivity index (χ1n) is 14.4. The predicted molar refractivity (Wildman–Crippen MR) is 189 cm³/mol. The van der Waals surface area contributed by atoms with Crippen molar-refractivity contribution in [2.75, 3.05) is 13.7 Å². The van der Waals surface area contributed by atoms with E-state index in [9.17, 15) is 19.5 Å². The second-order valence-electron chi connectivity index (χ2n) is 10.3. The first-order chi connectivity index (χ1) is 22.8. The number of carboxylic acids is 1. The number of esters is 1. The number of nitrogens with zero attached hydrogens (tertiary/aromatic N) is 2. The Balaban J connectivity index is 1.44. The molecule has 1 aliphatic rings. The topological polar surface area (TPSA) is 116 Å². The molecule has 9 nitrogen and oxygen atoms in total. The van der Waals surface area contributed by atoms with E-state index < -0.39 is 18.0 Å². The molecule has 2 aromatic heterocycles. The summed E-state index contributed by atoms with van der Waals surface area (Å²) in [4.78, 5) is 45.2. The number of thiophene rings is 1. The van der Waals surface area contributed by atoms with Crippen LogP contribution in [0.1, 0.15) is 44.9 Å². The molecule has 0 aliphatic carbocycles. The first kappa shape index (κ1) is 32.4. The van der Waals surface area contributed by atoms with Gasteiger partial charge in [-0.1, -0.05) is 59.9 Å². The Morgan fingerprint density at radius 2 is 1.87 bits per heavy atom. The van der Waals surface area contributed by atoms with Gasteiger partial charge in [0.15, 0.2) is 16.3 Å². The molecule has 0 saturated carbocycles. The minimum absolute atomic E-state index is 0.140. The van der Waals surface area contributed by atoms with Gasteiger partial charge in [-0.05, 0) is 82.4 Å². The van der Waals surface area contributed by atoms with E-state index in [0.29, 0.717) is 43.2 Å². The van der Waals surface area contributed by atoms with Crippen LogP contribution in [-0.4, -0.2) is 35.3 Å². The van der Waals surface area contributed by atoms with Crippen molar-refractivity contribution >= 4 is 69.0 Å². The highest BCUT2D eigenvalue weighted by Crippen LogP contribution is 2.37. The van der Waals surface area contributed by atoms with E-state index in [1.54, 1.807) is 41.8 Å². The zero-order valence-electron chi connectivity index (χ0n) is 25.1. The monoisotopic (exact) mass is 778 g/mol. The molecular weight excluding hydrogens is 751 g/mol. The maximum Gasteiger partial charge on any atom is 0.338 e. The van der Waals surface area contributed by atoms with Gasteiger partial charge in [-0.2, -0.15) is 0 Å². The van der Waals surface area contributed by atoms with Gasteiger partial charge in [-0.3, -0.25) is 9.36 Å². The van der Waals surface area contributed by atoms with Gasteiger partial charge in [-0.15, -0.1) is 11.3 Å². The number of ether oxygens (including phenoxy) is 3. The molecule has 0 unspecified atom stereocenters. The summed E-state index contributed by atoms with van der Waals surface area (Å²) in [6, 6.07) is 22.7. The van der Waals surface area contributed by atoms with E-state index in [0.717, 1.165) is 14.0 Å². The molecule has 0 amide bonds. The molecule has 0 fully saturated rings. The Morgan fingerprint density at radius 1 is 1.06 bits per heavy atom. The molecule has 0 spiro atoms. The van der Waals surface area contributed by atoms with Crippen LogP contribution in [0.15, 0.2) is 99.6 Å². The SMILES string of the molecule is CCOC(=O)C1=C(c2ccccc2)N=c2s/c(=C\c3cc(I)c(OCc4cccc(C(=O)O)c4)c(OC)c3)c(=O)n2[C@@H]1c1cccs1. The predicted octanol–water partition coefficient (Wildman–Crippen LogP) is 5.89. The summed E-state index contributed by atoms with van der Waals surface area (Å²) in [5.41, 5.74) is 2.83. The van der Waals surface area contributed by atoms with Crippen molar-refractivity contribution in [1.29, 1.82) is 0 Å². The number of aromatic carboxylic acids is 1. The number of rotatable bonds is 10. The first-order valence-corrected chi connectivity index (χ1v) is 17.2. The number of carboxylic acid groups (broad SMARTS) is 1. The Hall–Kier alpha value is -4.53. The number of hydrogen-bond acceptors (Lipinski definition) is 9. The zero-order valence-corrected chi connectivity index (χ0v) is 28.9. The maximum absolute atomic E-state index is 14.1. The van der Waals surface area contributed by atoms with Crippen LogP contribution in [0, 0.1) is 3.57 Å². The third kappa shape index (κ3) is 6.66. The highest BCUT2D eigenvalue weighted by Gasteiger charge is 2.35. The number of aromatic nitrogens is 1. The van der Waals surface area contributed by atoms with Crippen LogP contribution in [0.2, 0.25) is 0 Å². The summed E-state index contributed by atoms with van der Waals surface area (Å²) in [7, 11) is 1.53. The molecule has 1 N–H and O–H groups in total. The van der Waals surface area contributed by atoms with Gasteiger partial charge in [0.05, 0.1) is 38.7 Å². The largest absolute Gasteiger partial charge is 0.493 e. The fourth-order valence-electron chi connectivity index (χ4n) is 5.22. The number of carbonyl (C=O) groups excluding carboxylic acids is 1. The molecule has 5 aromatic rings. The lowest BCUT2D eigenvalue weighted by Gasteiger charge is -2.24. The highest BCUT2D eigenvalue weighted by molar-refractivity contribution is 14.1. The number of carbonyl (C=O) groups is 2. The number of benzene rings is 3. The summed E-state index contributed by atoms with van der Waals surface area (Å²) < 4.78 is 20.0. The fourth-order valence-corrected chi connectivity index (χ4v) is 7.83. The van der Waals surface area contributed by atoms with Crippen molar-refractivity contribution < 1.29 is 28.9 Å². The molecule has 0 saturated heterocycles. The van der Waals surface area contributed by atoms with Crippen LogP contribution in [0.3, 0.4) is 0 Å². The lowest BCUT2D eigenvalue weighted by Crippen LogP contribution is -2.39. The van der Waals surface area contributed by atoms with Gasteiger partial charge in [0, 0.05) is 10.4 Å². The number of methoxy groups -OCH3 is 1. The number of halogens is 1. The minimum Gasteiger partial charge on any atom is -0.493 e. The van der Waals surface area contributed by atoms with Gasteiger partial charge in [0.25, 0.3) is 5.56 Å². The number of thiazole rings is 1. The van der Waals surface area contributed by atoms with Crippen molar-refractivity contribution in [3.63, 3.8) is 0 Å². The van der Waals surface area contributed by atoms with Crippen LogP contribution in [0.5, 0.6) is 11.5 Å². The summed E-state index contributed by atoms with van der Waals surface area (Å²) >= 11 is 4.84. The van der Waals surface area contributed by atoms with Gasteiger partial charge in [0.1, 0.15) is 12.6 Å². The Kier molecular flexibility index (Phi) is 9.71. The van der Waals surface area contributed by atoms with Crippen LogP contribution < -0.4 is 24.4 Å². The van der Waals surface area contributed by atoms with E-state index in [1.165, 1.54) is 35.8 Å². The normalized spacial score (nSPS) is 14.4. The van der Waals surface area contributed by atoms with E-state index in [1.807, 2.05) is 53.9 Å². The molecule has 3 heterocycles. The Morgan fingerprint density at radius 3 is 2.57 bits per heavy atom. The van der Waals surface area contributed by atoms with Crippen LogP contribution in [0.4, 0.5) is 0 Å². The standard InChI is InChI=1S/C35H27IN2O7S2/c1-3-44-34(42)28-29(22-10-5-4-6-11-22)37-35-38(30(28)26-13-8-14-46-26)32(39)27(47-35)18-21-16-24(36)31(25(17-21)43-2)45-19-20-9-7-12-23(15-20)33(40)41/h4-18,30H,3,19H2,1-2H3,(H,40,41)/b27-18-/t30-/m1/s1. The van der Waals surface area contributed by atoms with Crippen LogP contribution in [0.25, 0.3) is 11.8 Å². The zero-order chi connectivity index (χ0) is 33.1. The van der Waals surface area contributed by atoms with E-state index in [4.69, 9.17) is 19.2 Å². The summed E-state index contributed by atoms with van der Waals surface area (Å²) in [5, 5.41) is 11.2. The van der Waals surface area contributed by atoms with Crippen molar-refractivity contribution in [2.24, 2.45) is 4.99 Å². The molecule has 1 aliphatic heterocycles. The lowest BCUT2D eigenvalue weighted by molar-refractivity contribution is -0.138. The Labute approximate surface area is 290 Å². The highest BCUT2D eigenvalue weighted by atomic mass is 127. The maximum atomic E-state index is 14.1. The quantitative estimate of drug-likeness (QED) is 0.139. The van der Waals surface area contributed by atoms with Gasteiger partial charge < -0.3 is 19.3 Å². The molecule has 0 bridgehead atoms. The second kappa shape index (κ2) is 14.1. The summed E-state index contributed by atoms with van der Waals surface area (Å²) in [5.74, 6) is -0.578. The van der Waals surface area contributed by atoms with E-state index in [-0.39, 0.29) is 24.3 Å². The number of fused-ring (bicyclic) bond motifs is 1. The molecule has 238 valence electrons. The summed E-state index contributed by atoms with van der Waals surface area (Å²) in [6.45, 7) is 2.07. The molecule has 6 rings (SSSR count). The van der Waals surface area contributed by atoms with Crippen molar-refractivity contribution in [3.8, 4) is 11.5 Å². The van der Waals surface area contributed by atoms with E-state index >= 15 is 0 Å². The molecule has 3 aromatic carbocycles. The third-order valence-corrected chi connectivity index (χ3v) is 10.0. The molecular formula is C35H27IN2O7S2. The second-order valence-corrected chi connectivity index (χ2v) is 13.4.